The Kier molecular flexibility index (Phi) is 5.16. The number of hydrogen-bond donors (Lipinski definition) is 0. The Morgan fingerprint density at radius 2 is 2.04 bits per heavy atom. The summed E-state index contributed by atoms with van der Waals surface area (Å²) in [6.07, 6.45) is 0.544. The lowest BCUT2D eigenvalue weighted by Gasteiger charge is -2.34. The van der Waals surface area contributed by atoms with Gasteiger partial charge in [0.05, 0.1) is 11.5 Å². The fourth-order valence-corrected chi connectivity index (χ4v) is 4.04. The SMILES string of the molecule is Cc1cc(C2CN(c3cccc(S(C)(=O)=O)c3[N+](=O)[O-])CCO2)ccc1F. The standard InChI is InChI=1S/C18H19FN2O5S/c1-12-10-13(6-7-14(12)19)16-11-20(8-9-26-16)15-4-3-5-17(27(2,24)25)18(15)21(22)23/h3-7,10,16H,8-9,11H2,1-2H3. The van der Waals surface area contributed by atoms with E-state index in [0.29, 0.717) is 25.3 Å². The minimum absolute atomic E-state index is 0.232. The van der Waals surface area contributed by atoms with Crippen LogP contribution in [0.1, 0.15) is 17.2 Å². The second-order valence-corrected chi connectivity index (χ2v) is 8.45. The van der Waals surface area contributed by atoms with Crippen molar-refractivity contribution in [3.8, 4) is 0 Å². The monoisotopic (exact) mass is 394 g/mol. The van der Waals surface area contributed by atoms with Crippen LogP contribution in [-0.2, 0) is 14.6 Å². The number of nitrogens with zero attached hydrogens (tertiary/aromatic N) is 2. The quantitative estimate of drug-likeness (QED) is 0.585. The summed E-state index contributed by atoms with van der Waals surface area (Å²) in [6, 6.07) is 8.93. The third-order valence-corrected chi connectivity index (χ3v) is 5.65. The Labute approximate surface area is 156 Å². The lowest BCUT2D eigenvalue weighted by molar-refractivity contribution is -0.387. The number of benzene rings is 2. The van der Waals surface area contributed by atoms with Crippen molar-refractivity contribution in [3.05, 3.63) is 63.5 Å². The summed E-state index contributed by atoms with van der Waals surface area (Å²) in [4.78, 5) is 12.4. The third-order valence-electron chi connectivity index (χ3n) is 4.52. The zero-order valence-electron chi connectivity index (χ0n) is 14.9. The van der Waals surface area contributed by atoms with Crippen molar-refractivity contribution in [2.75, 3.05) is 30.9 Å². The van der Waals surface area contributed by atoms with Crippen molar-refractivity contribution >= 4 is 21.2 Å². The van der Waals surface area contributed by atoms with E-state index in [1.165, 1.54) is 24.3 Å². The molecular weight excluding hydrogens is 375 g/mol. The molecule has 9 heteroatoms. The van der Waals surface area contributed by atoms with Crippen LogP contribution in [0.15, 0.2) is 41.3 Å². The van der Waals surface area contributed by atoms with Crippen LogP contribution in [0.25, 0.3) is 0 Å². The van der Waals surface area contributed by atoms with Crippen LogP contribution in [-0.4, -0.2) is 39.3 Å². The van der Waals surface area contributed by atoms with E-state index in [-0.39, 0.29) is 16.4 Å². The van der Waals surface area contributed by atoms with Crippen LogP contribution in [0.3, 0.4) is 0 Å². The Hall–Kier alpha value is -2.52. The molecule has 1 fully saturated rings. The summed E-state index contributed by atoms with van der Waals surface area (Å²) < 4.78 is 43.2. The second kappa shape index (κ2) is 7.24. The summed E-state index contributed by atoms with van der Waals surface area (Å²) in [5.41, 5.74) is 1.05. The van der Waals surface area contributed by atoms with Crippen molar-refractivity contribution in [1.82, 2.24) is 0 Å². The first-order valence-electron chi connectivity index (χ1n) is 8.28. The van der Waals surface area contributed by atoms with Crippen molar-refractivity contribution < 1.29 is 22.5 Å². The lowest BCUT2D eigenvalue weighted by atomic mass is 10.0. The fraction of sp³-hybridized carbons (Fsp3) is 0.333. The smallest absolute Gasteiger partial charge is 0.311 e. The molecule has 1 aliphatic heterocycles. The number of aryl methyl sites for hydroxylation is 1. The van der Waals surface area contributed by atoms with Gasteiger partial charge in [-0.3, -0.25) is 10.1 Å². The van der Waals surface area contributed by atoms with Crippen LogP contribution in [0.4, 0.5) is 15.8 Å². The zero-order valence-corrected chi connectivity index (χ0v) is 15.7. The number of sulfone groups is 1. The molecule has 1 atom stereocenters. The number of anilines is 1. The molecule has 1 unspecified atom stereocenters. The van der Waals surface area contributed by atoms with E-state index in [2.05, 4.69) is 0 Å². The summed E-state index contributed by atoms with van der Waals surface area (Å²) >= 11 is 0. The molecule has 144 valence electrons. The van der Waals surface area contributed by atoms with Crippen molar-refractivity contribution in [3.63, 3.8) is 0 Å². The molecule has 0 N–H and O–H groups in total. The highest BCUT2D eigenvalue weighted by Gasteiger charge is 2.31. The number of hydrogen-bond acceptors (Lipinski definition) is 6. The molecule has 0 radical (unpaired) electrons. The molecule has 2 aromatic rings. The Morgan fingerprint density at radius 1 is 1.30 bits per heavy atom. The van der Waals surface area contributed by atoms with E-state index in [0.717, 1.165) is 11.8 Å². The third kappa shape index (κ3) is 3.93. The Balaban J connectivity index is 1.99. The van der Waals surface area contributed by atoms with Gasteiger partial charge in [-0.15, -0.1) is 0 Å². The van der Waals surface area contributed by atoms with Crippen LogP contribution in [0.2, 0.25) is 0 Å². The summed E-state index contributed by atoms with van der Waals surface area (Å²) in [7, 11) is -3.76. The van der Waals surface area contributed by atoms with Crippen LogP contribution >= 0.6 is 0 Å². The molecule has 1 aliphatic rings. The van der Waals surface area contributed by atoms with Gasteiger partial charge in [-0.2, -0.15) is 0 Å². The van der Waals surface area contributed by atoms with E-state index in [1.807, 2.05) is 0 Å². The molecule has 1 heterocycles. The number of ether oxygens (including phenoxy) is 1. The predicted molar refractivity (Wildman–Crippen MR) is 98.2 cm³/mol. The van der Waals surface area contributed by atoms with Gasteiger partial charge in [0.1, 0.15) is 22.5 Å². The van der Waals surface area contributed by atoms with Crippen LogP contribution < -0.4 is 4.90 Å². The molecule has 1 saturated heterocycles. The van der Waals surface area contributed by atoms with Crippen LogP contribution in [0, 0.1) is 22.9 Å². The number of para-hydroxylation sites is 1. The maximum Gasteiger partial charge on any atom is 0.311 e. The molecule has 27 heavy (non-hydrogen) atoms. The molecule has 0 bridgehead atoms. The van der Waals surface area contributed by atoms with Gasteiger partial charge >= 0.3 is 5.69 Å². The van der Waals surface area contributed by atoms with Crippen molar-refractivity contribution in [2.24, 2.45) is 0 Å². The average molecular weight is 394 g/mol. The van der Waals surface area contributed by atoms with Gasteiger partial charge in [0.15, 0.2) is 9.84 Å². The first-order valence-corrected chi connectivity index (χ1v) is 10.2. The molecule has 0 spiro atoms. The largest absolute Gasteiger partial charge is 0.370 e. The topological polar surface area (TPSA) is 89.8 Å². The Bertz CT molecular complexity index is 993. The van der Waals surface area contributed by atoms with Gasteiger partial charge in [-0.25, -0.2) is 12.8 Å². The first-order chi connectivity index (χ1) is 12.7. The fourth-order valence-electron chi connectivity index (χ4n) is 3.19. The molecule has 0 amide bonds. The van der Waals surface area contributed by atoms with Gasteiger partial charge in [0, 0.05) is 19.3 Å². The van der Waals surface area contributed by atoms with E-state index in [1.54, 1.807) is 24.0 Å². The van der Waals surface area contributed by atoms with E-state index in [4.69, 9.17) is 4.74 Å². The average Bonchev–Trinajstić information content (AvgIpc) is 2.62. The highest BCUT2D eigenvalue weighted by molar-refractivity contribution is 7.90. The minimum Gasteiger partial charge on any atom is -0.370 e. The minimum atomic E-state index is -3.76. The van der Waals surface area contributed by atoms with E-state index < -0.39 is 26.6 Å². The number of rotatable bonds is 4. The summed E-state index contributed by atoms with van der Waals surface area (Å²) in [5.74, 6) is -0.317. The van der Waals surface area contributed by atoms with Gasteiger partial charge < -0.3 is 9.64 Å². The number of nitro benzene ring substituents is 1. The molecule has 0 aromatic heterocycles. The molecule has 0 aliphatic carbocycles. The molecule has 3 rings (SSSR count). The maximum absolute atomic E-state index is 13.5. The first kappa shape index (κ1) is 19.2. The van der Waals surface area contributed by atoms with Gasteiger partial charge in [-0.05, 0) is 36.2 Å². The lowest BCUT2D eigenvalue weighted by Crippen LogP contribution is -2.38. The van der Waals surface area contributed by atoms with E-state index >= 15 is 0 Å². The molecule has 7 nitrogen and oxygen atoms in total. The van der Waals surface area contributed by atoms with Gasteiger partial charge in [-0.1, -0.05) is 18.2 Å². The zero-order chi connectivity index (χ0) is 19.8. The van der Waals surface area contributed by atoms with Crippen molar-refractivity contribution in [2.45, 2.75) is 17.9 Å². The maximum atomic E-state index is 13.5. The second-order valence-electron chi connectivity index (χ2n) is 6.47. The van der Waals surface area contributed by atoms with Crippen LogP contribution in [0.5, 0.6) is 0 Å². The van der Waals surface area contributed by atoms with E-state index in [9.17, 15) is 22.9 Å². The van der Waals surface area contributed by atoms with Gasteiger partial charge in [0.25, 0.3) is 0 Å². The Morgan fingerprint density at radius 3 is 2.67 bits per heavy atom. The summed E-state index contributed by atoms with van der Waals surface area (Å²) in [5, 5.41) is 11.6. The number of morpholine rings is 1. The predicted octanol–water partition coefficient (Wildman–Crippen LogP) is 3.02. The molecular formula is C18H19FN2O5S. The summed E-state index contributed by atoms with van der Waals surface area (Å²) in [6.45, 7) is 2.63. The van der Waals surface area contributed by atoms with Crippen molar-refractivity contribution in [1.29, 1.82) is 0 Å². The highest BCUT2D eigenvalue weighted by atomic mass is 32.2. The molecule has 2 aromatic carbocycles. The normalized spacial score (nSPS) is 17.7. The number of halogens is 1. The van der Waals surface area contributed by atoms with Gasteiger partial charge in [0.2, 0.25) is 0 Å². The highest BCUT2D eigenvalue weighted by Crippen LogP contribution is 2.37. The molecule has 0 saturated carbocycles. The number of nitro groups is 1.